The van der Waals surface area contributed by atoms with Gasteiger partial charge in [-0.25, -0.2) is 8.42 Å². The van der Waals surface area contributed by atoms with Crippen molar-refractivity contribution in [2.45, 2.75) is 50.0 Å². The minimum atomic E-state index is -3.66. The first-order valence-corrected chi connectivity index (χ1v) is 13.7. The number of benzene rings is 1. The smallest absolute Gasteiger partial charge is 0.243 e. The lowest BCUT2D eigenvalue weighted by molar-refractivity contribution is -0.121. The summed E-state index contributed by atoms with van der Waals surface area (Å²) < 4.78 is 27.3. The normalized spacial score (nSPS) is 18.2. The molecule has 1 aromatic carbocycles. The number of hydrogen-bond donors (Lipinski definition) is 1. The van der Waals surface area contributed by atoms with Crippen molar-refractivity contribution in [3.8, 4) is 12.1 Å². The third kappa shape index (κ3) is 4.86. The number of sulfonamides is 1. The van der Waals surface area contributed by atoms with E-state index in [0.29, 0.717) is 29.2 Å². The second-order valence-corrected chi connectivity index (χ2v) is 11.7. The number of nitrogens with one attached hydrogen (secondary N) is 1. The van der Waals surface area contributed by atoms with Crippen LogP contribution in [0, 0.1) is 22.7 Å². The Bertz CT molecular complexity index is 1250. The van der Waals surface area contributed by atoms with Gasteiger partial charge in [-0.2, -0.15) is 14.8 Å². The van der Waals surface area contributed by atoms with E-state index in [1.54, 1.807) is 0 Å². The van der Waals surface area contributed by atoms with Gasteiger partial charge in [0.05, 0.1) is 28.1 Å². The third-order valence-corrected chi connectivity index (χ3v) is 9.71. The summed E-state index contributed by atoms with van der Waals surface area (Å²) in [6, 6.07) is 9.72. The summed E-state index contributed by atoms with van der Waals surface area (Å²) >= 11 is 1.52. The van der Waals surface area contributed by atoms with E-state index in [1.807, 2.05) is 17.9 Å². The molecule has 1 aromatic heterocycles. The van der Waals surface area contributed by atoms with Crippen molar-refractivity contribution in [1.29, 1.82) is 10.5 Å². The largest absolute Gasteiger partial charge is 0.315 e. The molecule has 2 heterocycles. The molecule has 1 fully saturated rings. The van der Waals surface area contributed by atoms with Crippen molar-refractivity contribution < 1.29 is 13.2 Å². The molecule has 178 valence electrons. The molecule has 8 nitrogen and oxygen atoms in total. The Hall–Kier alpha value is -2.76. The molecular weight excluding hydrogens is 470 g/mol. The van der Waals surface area contributed by atoms with E-state index in [2.05, 4.69) is 11.4 Å². The molecule has 0 unspecified atom stereocenters. The Morgan fingerprint density at radius 2 is 1.71 bits per heavy atom. The van der Waals surface area contributed by atoms with Crippen molar-refractivity contribution in [3.05, 3.63) is 45.8 Å². The van der Waals surface area contributed by atoms with Crippen LogP contribution in [0.25, 0.3) is 0 Å². The number of carbonyl (C=O) groups is 1. The lowest BCUT2D eigenvalue weighted by Gasteiger charge is -2.36. The molecular formula is C24H27N5O3S2. The van der Waals surface area contributed by atoms with Crippen LogP contribution in [0.5, 0.6) is 0 Å². The van der Waals surface area contributed by atoms with Gasteiger partial charge in [-0.3, -0.25) is 9.69 Å². The van der Waals surface area contributed by atoms with E-state index in [0.717, 1.165) is 37.7 Å². The topological polar surface area (TPSA) is 117 Å². The Balaban J connectivity index is 1.39. The maximum Gasteiger partial charge on any atom is 0.243 e. The van der Waals surface area contributed by atoms with Crippen LogP contribution in [-0.2, 0) is 27.7 Å². The molecule has 4 rings (SSSR count). The van der Waals surface area contributed by atoms with Crippen LogP contribution in [0.3, 0.4) is 0 Å². The Kier molecular flexibility index (Phi) is 7.34. The molecule has 10 heteroatoms. The molecule has 1 atom stereocenters. The highest BCUT2D eigenvalue weighted by molar-refractivity contribution is 7.89. The number of piperazine rings is 1. The summed E-state index contributed by atoms with van der Waals surface area (Å²) in [5.41, 5.74) is 2.10. The number of aryl methyl sites for hydroxylation is 1. The van der Waals surface area contributed by atoms with Crippen LogP contribution < -0.4 is 5.32 Å². The molecule has 1 N–H and O–H groups in total. The molecule has 1 saturated heterocycles. The molecule has 0 spiro atoms. The lowest BCUT2D eigenvalue weighted by Crippen LogP contribution is -2.53. The standard InChI is InChI=1S/C24H27N5O3S2/c1-17(23(30)27-24-21(16-26)20-5-3-2-4-6-22(20)33-24)28-11-13-29(14-12-28)34(31,32)19-9-7-18(15-25)8-10-19/h7-10,17H,2-6,11-14H2,1H3,(H,27,30)/t17-/m1/s1. The predicted molar refractivity (Wildman–Crippen MR) is 130 cm³/mol. The number of hydrogen-bond acceptors (Lipinski definition) is 7. The first kappa shape index (κ1) is 24.4. The van der Waals surface area contributed by atoms with Crippen LogP contribution in [0.15, 0.2) is 29.2 Å². The van der Waals surface area contributed by atoms with Gasteiger partial charge in [0.25, 0.3) is 0 Å². The Morgan fingerprint density at radius 1 is 1.03 bits per heavy atom. The number of amides is 1. The van der Waals surface area contributed by atoms with Gasteiger partial charge in [-0.15, -0.1) is 11.3 Å². The summed E-state index contributed by atoms with van der Waals surface area (Å²) in [5, 5.41) is 22.2. The zero-order valence-corrected chi connectivity index (χ0v) is 20.7. The van der Waals surface area contributed by atoms with E-state index < -0.39 is 16.1 Å². The number of carbonyl (C=O) groups excluding carboxylic acids is 1. The van der Waals surface area contributed by atoms with Crippen LogP contribution in [0.2, 0.25) is 0 Å². The molecule has 1 aliphatic heterocycles. The third-order valence-electron chi connectivity index (χ3n) is 6.59. The van der Waals surface area contributed by atoms with Crippen LogP contribution in [0.4, 0.5) is 5.00 Å². The zero-order valence-electron chi connectivity index (χ0n) is 19.1. The van der Waals surface area contributed by atoms with Gasteiger partial charge in [0.2, 0.25) is 15.9 Å². The average molecular weight is 498 g/mol. The predicted octanol–water partition coefficient (Wildman–Crippen LogP) is 3.09. The first-order valence-electron chi connectivity index (χ1n) is 11.4. The maximum absolute atomic E-state index is 13.0. The molecule has 1 amide bonds. The highest BCUT2D eigenvalue weighted by atomic mass is 32.2. The SMILES string of the molecule is C[C@H](C(=O)Nc1sc2c(c1C#N)CCCCC2)N1CCN(S(=O)(=O)c2ccc(C#N)cc2)CC1. The number of rotatable bonds is 5. The van der Waals surface area contributed by atoms with Crippen molar-refractivity contribution in [2.75, 3.05) is 31.5 Å². The highest BCUT2D eigenvalue weighted by Crippen LogP contribution is 2.37. The number of anilines is 1. The van der Waals surface area contributed by atoms with Crippen LogP contribution >= 0.6 is 11.3 Å². The Morgan fingerprint density at radius 3 is 2.35 bits per heavy atom. The fraction of sp³-hybridized carbons (Fsp3) is 0.458. The van der Waals surface area contributed by atoms with Gasteiger partial charge in [0.15, 0.2) is 0 Å². The maximum atomic E-state index is 13.0. The second kappa shape index (κ2) is 10.2. The quantitative estimate of drug-likeness (QED) is 0.635. The lowest BCUT2D eigenvalue weighted by atomic mass is 10.1. The van der Waals surface area contributed by atoms with E-state index in [4.69, 9.17) is 5.26 Å². The molecule has 0 bridgehead atoms. The highest BCUT2D eigenvalue weighted by Gasteiger charge is 2.32. The molecule has 0 saturated carbocycles. The fourth-order valence-corrected chi connectivity index (χ4v) is 7.18. The van der Waals surface area contributed by atoms with Crippen molar-refractivity contribution in [1.82, 2.24) is 9.21 Å². The number of nitriles is 2. The van der Waals surface area contributed by atoms with Gasteiger partial charge in [0.1, 0.15) is 11.1 Å². The summed E-state index contributed by atoms with van der Waals surface area (Å²) in [6.45, 7) is 3.21. The van der Waals surface area contributed by atoms with Crippen LogP contribution in [-0.4, -0.2) is 55.8 Å². The molecule has 2 aromatic rings. The Labute approximate surface area is 204 Å². The van der Waals surface area contributed by atoms with Crippen molar-refractivity contribution >= 4 is 32.3 Å². The van der Waals surface area contributed by atoms with Gasteiger partial charge in [0, 0.05) is 31.1 Å². The number of fused-ring (bicyclic) bond motifs is 1. The number of thiophene rings is 1. The van der Waals surface area contributed by atoms with Gasteiger partial charge >= 0.3 is 0 Å². The summed E-state index contributed by atoms with van der Waals surface area (Å²) in [5.74, 6) is -0.184. The van der Waals surface area contributed by atoms with Crippen molar-refractivity contribution in [2.24, 2.45) is 0 Å². The number of nitrogens with zero attached hydrogens (tertiary/aromatic N) is 4. The average Bonchev–Trinajstić information content (AvgIpc) is 3.01. The van der Waals surface area contributed by atoms with Gasteiger partial charge in [-0.05, 0) is 62.4 Å². The summed E-state index contributed by atoms with van der Waals surface area (Å²) in [4.78, 5) is 16.3. The van der Waals surface area contributed by atoms with E-state index in [9.17, 15) is 18.5 Å². The molecule has 1 aliphatic carbocycles. The minimum Gasteiger partial charge on any atom is -0.315 e. The first-order chi connectivity index (χ1) is 16.3. The van der Waals surface area contributed by atoms with Crippen LogP contribution in [0.1, 0.15) is 47.8 Å². The minimum absolute atomic E-state index is 0.159. The molecule has 34 heavy (non-hydrogen) atoms. The second-order valence-electron chi connectivity index (χ2n) is 8.62. The molecule has 2 aliphatic rings. The van der Waals surface area contributed by atoms with E-state index in [1.165, 1.54) is 44.8 Å². The zero-order chi connectivity index (χ0) is 24.3. The van der Waals surface area contributed by atoms with Gasteiger partial charge in [-0.1, -0.05) is 6.42 Å². The monoisotopic (exact) mass is 497 g/mol. The van der Waals surface area contributed by atoms with E-state index in [-0.39, 0.29) is 23.9 Å². The summed E-state index contributed by atoms with van der Waals surface area (Å²) in [6.07, 6.45) is 5.18. The van der Waals surface area contributed by atoms with Crippen molar-refractivity contribution in [3.63, 3.8) is 0 Å². The van der Waals surface area contributed by atoms with Gasteiger partial charge < -0.3 is 5.32 Å². The fourth-order valence-electron chi connectivity index (χ4n) is 4.51. The molecule has 0 radical (unpaired) electrons. The summed E-state index contributed by atoms with van der Waals surface area (Å²) in [7, 11) is -3.66. The van der Waals surface area contributed by atoms with E-state index >= 15 is 0 Å².